The highest BCUT2D eigenvalue weighted by molar-refractivity contribution is 7.89. The molecule has 2 fully saturated rings. The molecule has 0 unspecified atom stereocenters. The van der Waals surface area contributed by atoms with Crippen molar-refractivity contribution >= 4 is 15.9 Å². The number of nitrogens with zero attached hydrogens (tertiary/aromatic N) is 2. The summed E-state index contributed by atoms with van der Waals surface area (Å²) < 4.78 is 27.6. The third-order valence-corrected chi connectivity index (χ3v) is 8.15. The van der Waals surface area contributed by atoms with Crippen LogP contribution in [0.3, 0.4) is 0 Å². The highest BCUT2D eigenvalue weighted by atomic mass is 32.2. The van der Waals surface area contributed by atoms with Gasteiger partial charge in [0, 0.05) is 33.1 Å². The van der Waals surface area contributed by atoms with Gasteiger partial charge in [0.05, 0.1) is 4.90 Å². The van der Waals surface area contributed by atoms with E-state index in [-0.39, 0.29) is 11.3 Å². The summed E-state index contributed by atoms with van der Waals surface area (Å²) in [5.74, 6) is 0.597. The molecule has 6 heteroatoms. The first-order valence-corrected chi connectivity index (χ1v) is 11.0. The van der Waals surface area contributed by atoms with Crippen molar-refractivity contribution in [1.82, 2.24) is 9.21 Å². The zero-order chi connectivity index (χ0) is 18.9. The number of hydrogen-bond acceptors (Lipinski definition) is 3. The van der Waals surface area contributed by atoms with E-state index in [2.05, 4.69) is 13.8 Å². The highest BCUT2D eigenvalue weighted by Gasteiger charge is 2.40. The standard InChI is InChI=1S/C20H30N2O3S/c1-16(2)17-4-6-18(7-5-17)26(24,25)22-14-11-20(12-15-22)9-8-19(23)21(3)13-10-20/h4-7,16H,8-15H2,1-3H3. The van der Waals surface area contributed by atoms with E-state index >= 15 is 0 Å². The molecule has 2 aliphatic heterocycles. The molecule has 5 nitrogen and oxygen atoms in total. The molecule has 3 rings (SSSR count). The average Bonchev–Trinajstić information content (AvgIpc) is 2.77. The molecule has 1 spiro atoms. The van der Waals surface area contributed by atoms with E-state index in [9.17, 15) is 13.2 Å². The van der Waals surface area contributed by atoms with Crippen molar-refractivity contribution in [2.75, 3.05) is 26.7 Å². The van der Waals surface area contributed by atoms with Crippen LogP contribution >= 0.6 is 0 Å². The summed E-state index contributed by atoms with van der Waals surface area (Å²) in [5, 5.41) is 0. The summed E-state index contributed by atoms with van der Waals surface area (Å²) in [6.07, 6.45) is 4.13. The van der Waals surface area contributed by atoms with Crippen LogP contribution in [-0.4, -0.2) is 50.2 Å². The van der Waals surface area contributed by atoms with Gasteiger partial charge < -0.3 is 4.90 Å². The van der Waals surface area contributed by atoms with Gasteiger partial charge in [0.2, 0.25) is 15.9 Å². The molecular weight excluding hydrogens is 348 g/mol. The minimum absolute atomic E-state index is 0.119. The van der Waals surface area contributed by atoms with Crippen LogP contribution in [0.1, 0.15) is 57.4 Å². The molecule has 0 N–H and O–H groups in total. The van der Waals surface area contributed by atoms with Gasteiger partial charge in [-0.05, 0) is 54.7 Å². The van der Waals surface area contributed by atoms with Crippen LogP contribution in [0, 0.1) is 5.41 Å². The Bertz CT molecular complexity index is 748. The van der Waals surface area contributed by atoms with Crippen LogP contribution < -0.4 is 0 Å². The van der Waals surface area contributed by atoms with E-state index in [4.69, 9.17) is 0 Å². The van der Waals surface area contributed by atoms with Gasteiger partial charge in [-0.15, -0.1) is 0 Å². The van der Waals surface area contributed by atoms with E-state index in [1.165, 1.54) is 0 Å². The quantitative estimate of drug-likeness (QED) is 0.811. The van der Waals surface area contributed by atoms with Crippen molar-refractivity contribution < 1.29 is 13.2 Å². The molecule has 1 aromatic carbocycles. The maximum absolute atomic E-state index is 13.0. The number of benzene rings is 1. The van der Waals surface area contributed by atoms with Crippen molar-refractivity contribution in [2.45, 2.75) is 56.8 Å². The second-order valence-electron chi connectivity index (χ2n) is 8.19. The minimum Gasteiger partial charge on any atom is -0.346 e. The zero-order valence-corrected chi connectivity index (χ0v) is 16.9. The summed E-state index contributed by atoms with van der Waals surface area (Å²) in [4.78, 5) is 14.1. The second-order valence-corrected chi connectivity index (χ2v) is 10.1. The smallest absolute Gasteiger partial charge is 0.243 e. The van der Waals surface area contributed by atoms with Crippen LogP contribution in [-0.2, 0) is 14.8 Å². The third kappa shape index (κ3) is 3.81. The number of carbonyl (C=O) groups is 1. The van der Waals surface area contributed by atoms with Crippen molar-refractivity contribution in [3.63, 3.8) is 0 Å². The largest absolute Gasteiger partial charge is 0.346 e. The molecule has 26 heavy (non-hydrogen) atoms. The molecule has 2 heterocycles. The van der Waals surface area contributed by atoms with Gasteiger partial charge in [0.1, 0.15) is 0 Å². The lowest BCUT2D eigenvalue weighted by Gasteiger charge is -2.40. The molecule has 0 aliphatic carbocycles. The van der Waals surface area contributed by atoms with Gasteiger partial charge in [-0.2, -0.15) is 4.31 Å². The highest BCUT2D eigenvalue weighted by Crippen LogP contribution is 2.42. The Morgan fingerprint density at radius 1 is 0.962 bits per heavy atom. The molecule has 144 valence electrons. The Morgan fingerprint density at radius 2 is 1.54 bits per heavy atom. The Balaban J connectivity index is 1.69. The molecule has 0 atom stereocenters. The fraction of sp³-hybridized carbons (Fsp3) is 0.650. The van der Waals surface area contributed by atoms with Gasteiger partial charge in [-0.25, -0.2) is 8.42 Å². The molecule has 2 saturated heterocycles. The molecule has 2 aliphatic rings. The third-order valence-electron chi connectivity index (χ3n) is 6.24. The molecule has 1 amide bonds. The second kappa shape index (κ2) is 7.31. The summed E-state index contributed by atoms with van der Waals surface area (Å²) in [6.45, 7) is 6.07. The lowest BCUT2D eigenvalue weighted by Crippen LogP contribution is -2.43. The molecular formula is C20H30N2O3S. The van der Waals surface area contributed by atoms with Crippen molar-refractivity contribution in [3.05, 3.63) is 29.8 Å². The van der Waals surface area contributed by atoms with Crippen LogP contribution in [0.25, 0.3) is 0 Å². The molecule has 1 aromatic rings. The number of likely N-dealkylation sites (tertiary alicyclic amines) is 1. The Morgan fingerprint density at radius 3 is 2.12 bits per heavy atom. The predicted octanol–water partition coefficient (Wildman–Crippen LogP) is 3.22. The van der Waals surface area contributed by atoms with Gasteiger partial charge in [0.25, 0.3) is 0 Å². The van der Waals surface area contributed by atoms with Gasteiger partial charge >= 0.3 is 0 Å². The zero-order valence-electron chi connectivity index (χ0n) is 16.1. The number of rotatable bonds is 3. The number of sulfonamides is 1. The molecule has 0 radical (unpaired) electrons. The first-order valence-electron chi connectivity index (χ1n) is 9.58. The van der Waals surface area contributed by atoms with E-state index in [1.54, 1.807) is 16.4 Å². The van der Waals surface area contributed by atoms with Gasteiger partial charge in [-0.1, -0.05) is 26.0 Å². The summed E-state index contributed by atoms with van der Waals surface area (Å²) in [7, 11) is -1.57. The van der Waals surface area contributed by atoms with Crippen molar-refractivity contribution in [2.24, 2.45) is 5.41 Å². The van der Waals surface area contributed by atoms with Gasteiger partial charge in [-0.3, -0.25) is 4.79 Å². The van der Waals surface area contributed by atoms with Crippen LogP contribution in [0.5, 0.6) is 0 Å². The first-order chi connectivity index (χ1) is 12.2. The number of amides is 1. The first kappa shape index (κ1) is 19.4. The Kier molecular flexibility index (Phi) is 5.45. The number of piperidine rings is 1. The topological polar surface area (TPSA) is 57.7 Å². The maximum atomic E-state index is 13.0. The lowest BCUT2D eigenvalue weighted by atomic mass is 9.73. The van der Waals surface area contributed by atoms with E-state index < -0.39 is 10.0 Å². The summed E-state index contributed by atoms with van der Waals surface area (Å²) in [6, 6.07) is 7.29. The normalized spacial score (nSPS) is 22.0. The number of carbonyl (C=O) groups excluding carboxylic acids is 1. The molecule has 0 bridgehead atoms. The van der Waals surface area contributed by atoms with Crippen molar-refractivity contribution in [3.8, 4) is 0 Å². The Labute approximate surface area is 157 Å². The van der Waals surface area contributed by atoms with Crippen LogP contribution in [0.15, 0.2) is 29.2 Å². The van der Waals surface area contributed by atoms with Crippen molar-refractivity contribution in [1.29, 1.82) is 0 Å². The summed E-state index contributed by atoms with van der Waals surface area (Å²) in [5.41, 5.74) is 1.27. The lowest BCUT2D eigenvalue weighted by molar-refractivity contribution is -0.129. The molecule has 0 saturated carbocycles. The van der Waals surface area contributed by atoms with Gasteiger partial charge in [0.15, 0.2) is 0 Å². The fourth-order valence-corrected chi connectivity index (χ4v) is 5.53. The minimum atomic E-state index is -3.43. The van der Waals surface area contributed by atoms with Crippen LogP contribution in [0.2, 0.25) is 0 Å². The molecule has 0 aromatic heterocycles. The number of hydrogen-bond donors (Lipinski definition) is 0. The van der Waals surface area contributed by atoms with E-state index in [0.717, 1.165) is 37.8 Å². The Hall–Kier alpha value is -1.40. The average molecular weight is 379 g/mol. The maximum Gasteiger partial charge on any atom is 0.243 e. The van der Waals surface area contributed by atoms with E-state index in [1.807, 2.05) is 24.1 Å². The van der Waals surface area contributed by atoms with E-state index in [0.29, 0.717) is 30.3 Å². The van der Waals surface area contributed by atoms with Crippen LogP contribution in [0.4, 0.5) is 0 Å². The predicted molar refractivity (Wildman–Crippen MR) is 102 cm³/mol. The SMILES string of the molecule is CC(C)c1ccc(S(=O)(=O)N2CCC3(CCC(=O)N(C)CC3)CC2)cc1. The fourth-order valence-electron chi connectivity index (χ4n) is 4.09. The summed E-state index contributed by atoms with van der Waals surface area (Å²) >= 11 is 0. The monoisotopic (exact) mass is 378 g/mol.